The van der Waals surface area contributed by atoms with Gasteiger partial charge in [0.25, 0.3) is 0 Å². The van der Waals surface area contributed by atoms with E-state index in [9.17, 15) is 14.3 Å². The van der Waals surface area contributed by atoms with Gasteiger partial charge in [0.15, 0.2) is 5.78 Å². The van der Waals surface area contributed by atoms with Crippen LogP contribution in [0.4, 0.5) is 10.1 Å². The number of anilines is 1. The van der Waals surface area contributed by atoms with Gasteiger partial charge in [0.1, 0.15) is 11.6 Å². The van der Waals surface area contributed by atoms with Crippen molar-refractivity contribution in [3.05, 3.63) is 59.4 Å². The molecular formula is C16H16FNO2. The van der Waals surface area contributed by atoms with Gasteiger partial charge in [-0.05, 0) is 49.4 Å². The number of carbonyl (C=O) groups is 1. The molecule has 1 N–H and O–H groups in total. The molecule has 0 saturated heterocycles. The number of aromatic hydroxyl groups is 1. The van der Waals surface area contributed by atoms with Crippen LogP contribution in [0.2, 0.25) is 0 Å². The molecule has 0 radical (unpaired) electrons. The number of phenolic OH excluding ortho intramolecular Hbond substituents is 1. The first kappa shape index (κ1) is 14.1. The Labute approximate surface area is 117 Å². The number of benzene rings is 2. The highest BCUT2D eigenvalue weighted by atomic mass is 19.1. The van der Waals surface area contributed by atoms with Crippen LogP contribution in [0.1, 0.15) is 22.8 Å². The van der Waals surface area contributed by atoms with E-state index in [1.807, 2.05) is 11.9 Å². The minimum absolute atomic E-state index is 0.0457. The molecule has 2 rings (SSSR count). The molecule has 0 aliphatic carbocycles. The lowest BCUT2D eigenvalue weighted by Crippen LogP contribution is -2.16. The highest BCUT2D eigenvalue weighted by Crippen LogP contribution is 2.23. The number of Topliss-reactive ketones (excluding diaryl/α,β-unsaturated/α-hetero) is 1. The van der Waals surface area contributed by atoms with E-state index < -0.39 is 0 Å². The number of halogens is 1. The molecular weight excluding hydrogens is 257 g/mol. The maximum atomic E-state index is 12.9. The molecule has 3 nitrogen and oxygen atoms in total. The number of carbonyl (C=O) groups excluding carboxylic acids is 1. The average Bonchev–Trinajstić information content (AvgIpc) is 2.41. The number of rotatable bonds is 4. The van der Waals surface area contributed by atoms with Crippen molar-refractivity contribution < 1.29 is 14.3 Å². The number of phenols is 1. The Kier molecular flexibility index (Phi) is 4.03. The summed E-state index contributed by atoms with van der Waals surface area (Å²) in [4.78, 5) is 13.2. The maximum absolute atomic E-state index is 12.9. The van der Waals surface area contributed by atoms with E-state index in [4.69, 9.17) is 0 Å². The first-order valence-electron chi connectivity index (χ1n) is 6.27. The van der Waals surface area contributed by atoms with Gasteiger partial charge in [-0.1, -0.05) is 0 Å². The lowest BCUT2D eigenvalue weighted by Gasteiger charge is -2.20. The SMILES string of the molecule is CC(=O)c1ccc(O)c(CN(C)c2ccc(F)cc2)c1. The van der Waals surface area contributed by atoms with Crippen LogP contribution >= 0.6 is 0 Å². The van der Waals surface area contributed by atoms with Crippen molar-refractivity contribution in [1.82, 2.24) is 0 Å². The average molecular weight is 273 g/mol. The van der Waals surface area contributed by atoms with E-state index in [-0.39, 0.29) is 17.3 Å². The maximum Gasteiger partial charge on any atom is 0.159 e. The van der Waals surface area contributed by atoms with Crippen LogP contribution in [0.5, 0.6) is 5.75 Å². The first-order chi connectivity index (χ1) is 9.47. The predicted molar refractivity (Wildman–Crippen MR) is 76.6 cm³/mol. The van der Waals surface area contributed by atoms with Crippen molar-refractivity contribution in [2.45, 2.75) is 13.5 Å². The summed E-state index contributed by atoms with van der Waals surface area (Å²) in [5, 5.41) is 9.86. The number of ketones is 1. The molecule has 4 heteroatoms. The van der Waals surface area contributed by atoms with Crippen LogP contribution < -0.4 is 4.90 Å². The normalized spacial score (nSPS) is 10.3. The van der Waals surface area contributed by atoms with Crippen LogP contribution in [-0.2, 0) is 6.54 Å². The Morgan fingerprint density at radius 3 is 2.45 bits per heavy atom. The van der Waals surface area contributed by atoms with E-state index in [0.29, 0.717) is 17.7 Å². The summed E-state index contributed by atoms with van der Waals surface area (Å²) in [5.74, 6) is -0.191. The summed E-state index contributed by atoms with van der Waals surface area (Å²) in [6.07, 6.45) is 0. The molecule has 0 bridgehead atoms. The summed E-state index contributed by atoms with van der Waals surface area (Å²) in [5.41, 5.74) is 2.05. The topological polar surface area (TPSA) is 40.5 Å². The van der Waals surface area contributed by atoms with Gasteiger partial charge in [-0.3, -0.25) is 4.79 Å². The molecule has 0 fully saturated rings. The predicted octanol–water partition coefficient (Wildman–Crippen LogP) is 3.37. The van der Waals surface area contributed by atoms with E-state index in [2.05, 4.69) is 0 Å². The Bertz CT molecular complexity index is 623. The Morgan fingerprint density at radius 2 is 1.85 bits per heavy atom. The molecule has 0 atom stereocenters. The summed E-state index contributed by atoms with van der Waals surface area (Å²) < 4.78 is 12.9. The van der Waals surface area contributed by atoms with Crippen molar-refractivity contribution in [3.8, 4) is 5.75 Å². The molecule has 20 heavy (non-hydrogen) atoms. The zero-order valence-corrected chi connectivity index (χ0v) is 11.4. The van der Waals surface area contributed by atoms with Gasteiger partial charge in [0.05, 0.1) is 0 Å². The van der Waals surface area contributed by atoms with Crippen molar-refractivity contribution in [3.63, 3.8) is 0 Å². The van der Waals surface area contributed by atoms with Crippen LogP contribution in [0, 0.1) is 5.82 Å². The fourth-order valence-electron chi connectivity index (χ4n) is 1.97. The third kappa shape index (κ3) is 3.15. The van der Waals surface area contributed by atoms with Gasteiger partial charge in [0.2, 0.25) is 0 Å². The van der Waals surface area contributed by atoms with Crippen LogP contribution in [0.3, 0.4) is 0 Å². The monoisotopic (exact) mass is 273 g/mol. The third-order valence-corrected chi connectivity index (χ3v) is 3.16. The molecule has 0 spiro atoms. The first-order valence-corrected chi connectivity index (χ1v) is 6.27. The molecule has 0 heterocycles. The Balaban J connectivity index is 2.22. The van der Waals surface area contributed by atoms with Gasteiger partial charge >= 0.3 is 0 Å². The van der Waals surface area contributed by atoms with E-state index in [1.54, 1.807) is 24.3 Å². The van der Waals surface area contributed by atoms with Gasteiger partial charge in [-0.2, -0.15) is 0 Å². The quantitative estimate of drug-likeness (QED) is 0.868. The Hall–Kier alpha value is -2.36. The van der Waals surface area contributed by atoms with Gasteiger partial charge < -0.3 is 10.0 Å². The van der Waals surface area contributed by atoms with Crippen molar-refractivity contribution in [2.75, 3.05) is 11.9 Å². The van der Waals surface area contributed by atoms with Gasteiger partial charge in [0, 0.05) is 30.4 Å². The molecule has 0 saturated carbocycles. The second-order valence-corrected chi connectivity index (χ2v) is 4.73. The molecule has 0 aromatic heterocycles. The minimum atomic E-state index is -0.288. The lowest BCUT2D eigenvalue weighted by molar-refractivity contribution is 0.101. The lowest BCUT2D eigenvalue weighted by atomic mass is 10.1. The molecule has 0 amide bonds. The van der Waals surface area contributed by atoms with E-state index in [1.165, 1.54) is 25.1 Å². The molecule has 104 valence electrons. The van der Waals surface area contributed by atoms with Crippen LogP contribution in [0.15, 0.2) is 42.5 Å². The summed E-state index contributed by atoms with van der Waals surface area (Å²) in [7, 11) is 1.84. The summed E-state index contributed by atoms with van der Waals surface area (Å²) in [6, 6.07) is 10.9. The highest BCUT2D eigenvalue weighted by molar-refractivity contribution is 5.94. The van der Waals surface area contributed by atoms with Gasteiger partial charge in [-0.25, -0.2) is 4.39 Å². The molecule has 0 aliphatic heterocycles. The Morgan fingerprint density at radius 1 is 1.20 bits per heavy atom. The smallest absolute Gasteiger partial charge is 0.159 e. The zero-order valence-electron chi connectivity index (χ0n) is 11.4. The van der Waals surface area contributed by atoms with Crippen molar-refractivity contribution in [2.24, 2.45) is 0 Å². The molecule has 0 unspecified atom stereocenters. The van der Waals surface area contributed by atoms with Crippen molar-refractivity contribution >= 4 is 11.5 Å². The van der Waals surface area contributed by atoms with Crippen LogP contribution in [0.25, 0.3) is 0 Å². The summed E-state index contributed by atoms with van der Waals surface area (Å²) >= 11 is 0. The van der Waals surface area contributed by atoms with E-state index in [0.717, 1.165) is 5.69 Å². The highest BCUT2D eigenvalue weighted by Gasteiger charge is 2.09. The van der Waals surface area contributed by atoms with E-state index >= 15 is 0 Å². The standard InChI is InChI=1S/C16H16FNO2/c1-11(19)12-3-8-16(20)13(9-12)10-18(2)15-6-4-14(17)5-7-15/h3-9,20H,10H2,1-2H3. The van der Waals surface area contributed by atoms with Crippen LogP contribution in [-0.4, -0.2) is 17.9 Å². The second kappa shape index (κ2) is 5.74. The zero-order chi connectivity index (χ0) is 14.7. The number of nitrogens with zero attached hydrogens (tertiary/aromatic N) is 1. The number of hydrogen-bond donors (Lipinski definition) is 1. The second-order valence-electron chi connectivity index (χ2n) is 4.73. The fraction of sp³-hybridized carbons (Fsp3) is 0.188. The summed E-state index contributed by atoms with van der Waals surface area (Å²) in [6.45, 7) is 1.92. The fourth-order valence-corrected chi connectivity index (χ4v) is 1.97. The minimum Gasteiger partial charge on any atom is -0.508 e. The largest absolute Gasteiger partial charge is 0.508 e. The van der Waals surface area contributed by atoms with Crippen molar-refractivity contribution in [1.29, 1.82) is 0 Å². The molecule has 0 aliphatic rings. The van der Waals surface area contributed by atoms with Gasteiger partial charge in [-0.15, -0.1) is 0 Å². The molecule has 2 aromatic rings. The third-order valence-electron chi connectivity index (χ3n) is 3.16. The number of hydrogen-bond acceptors (Lipinski definition) is 3. The molecule has 2 aromatic carbocycles.